The first-order chi connectivity index (χ1) is 13.1. The van der Waals surface area contributed by atoms with Gasteiger partial charge in [0, 0.05) is 38.4 Å². The van der Waals surface area contributed by atoms with Crippen LogP contribution in [0, 0.1) is 17.7 Å². The summed E-state index contributed by atoms with van der Waals surface area (Å²) >= 11 is 0. The molecule has 5 nitrogen and oxygen atoms in total. The van der Waals surface area contributed by atoms with E-state index >= 15 is 0 Å². The number of rotatable bonds is 7. The number of likely N-dealkylation sites (tertiary alicyclic amines) is 1. The number of carbonyl (C=O) groups is 1. The monoisotopic (exact) mass is 376 g/mol. The minimum Gasteiger partial charge on any atom is -0.371 e. The molecule has 6 heteroatoms. The number of hydrogen-bond donors (Lipinski definition) is 2. The van der Waals surface area contributed by atoms with Gasteiger partial charge in [-0.25, -0.2) is 9.18 Å². The summed E-state index contributed by atoms with van der Waals surface area (Å²) in [5, 5.41) is 5.98. The van der Waals surface area contributed by atoms with E-state index in [9.17, 15) is 9.18 Å². The summed E-state index contributed by atoms with van der Waals surface area (Å²) in [6, 6.07) is 6.57. The molecule has 2 saturated heterocycles. The van der Waals surface area contributed by atoms with Crippen LogP contribution in [0.5, 0.6) is 0 Å². The highest BCUT2D eigenvalue weighted by Gasteiger charge is 2.23. The van der Waals surface area contributed by atoms with E-state index < -0.39 is 0 Å². The molecule has 2 amide bonds. The highest BCUT2D eigenvalue weighted by Crippen LogP contribution is 2.23. The van der Waals surface area contributed by atoms with E-state index in [1.165, 1.54) is 38.1 Å². The number of benzene rings is 1. The fourth-order valence-corrected chi connectivity index (χ4v) is 4.18. The Bertz CT molecular complexity index is 594. The molecule has 150 valence electrons. The van der Waals surface area contributed by atoms with Crippen LogP contribution in [-0.2, 0) is 0 Å². The molecule has 2 aliphatic rings. The minimum atomic E-state index is -0.206. The molecular formula is C21H33FN4O. The number of nitrogens with one attached hydrogen (secondary N) is 2. The maximum Gasteiger partial charge on any atom is 0.314 e. The maximum atomic E-state index is 13.0. The molecular weight excluding hydrogens is 343 g/mol. The van der Waals surface area contributed by atoms with Crippen LogP contribution in [0.1, 0.15) is 32.6 Å². The van der Waals surface area contributed by atoms with Crippen molar-refractivity contribution in [3.05, 3.63) is 30.1 Å². The van der Waals surface area contributed by atoms with Gasteiger partial charge in [0.15, 0.2) is 0 Å². The lowest BCUT2D eigenvalue weighted by Gasteiger charge is -2.30. The zero-order chi connectivity index (χ0) is 19.1. The molecule has 2 fully saturated rings. The van der Waals surface area contributed by atoms with Crippen LogP contribution in [0.3, 0.4) is 0 Å². The van der Waals surface area contributed by atoms with Crippen LogP contribution in [-0.4, -0.2) is 56.7 Å². The van der Waals surface area contributed by atoms with Crippen molar-refractivity contribution in [1.29, 1.82) is 0 Å². The van der Waals surface area contributed by atoms with E-state index in [-0.39, 0.29) is 11.8 Å². The first kappa shape index (κ1) is 19.9. The van der Waals surface area contributed by atoms with Gasteiger partial charge in [-0.3, -0.25) is 0 Å². The molecule has 0 aliphatic carbocycles. The van der Waals surface area contributed by atoms with Crippen molar-refractivity contribution in [3.63, 3.8) is 0 Å². The topological polar surface area (TPSA) is 47.6 Å². The summed E-state index contributed by atoms with van der Waals surface area (Å²) in [4.78, 5) is 16.8. The van der Waals surface area contributed by atoms with Crippen LogP contribution in [0.15, 0.2) is 24.3 Å². The molecule has 2 aliphatic heterocycles. The molecule has 0 spiro atoms. The van der Waals surface area contributed by atoms with Gasteiger partial charge in [-0.15, -0.1) is 0 Å². The highest BCUT2D eigenvalue weighted by molar-refractivity contribution is 5.73. The third-order valence-electron chi connectivity index (χ3n) is 5.71. The summed E-state index contributed by atoms with van der Waals surface area (Å²) in [5.41, 5.74) is 1.05. The average molecular weight is 377 g/mol. The van der Waals surface area contributed by atoms with Crippen LogP contribution >= 0.6 is 0 Å². The van der Waals surface area contributed by atoms with Gasteiger partial charge in [-0.05, 0) is 74.9 Å². The summed E-state index contributed by atoms with van der Waals surface area (Å²) in [7, 11) is 0. The van der Waals surface area contributed by atoms with Gasteiger partial charge in [0.2, 0.25) is 0 Å². The lowest BCUT2D eigenvalue weighted by molar-refractivity contribution is 0.181. The van der Waals surface area contributed by atoms with Gasteiger partial charge in [0.05, 0.1) is 0 Å². The van der Waals surface area contributed by atoms with E-state index in [0.717, 1.165) is 50.6 Å². The lowest BCUT2D eigenvalue weighted by atomic mass is 10.0. The summed E-state index contributed by atoms with van der Waals surface area (Å²) in [6.45, 7) is 9.04. The normalized spacial score (nSPS) is 23.4. The minimum absolute atomic E-state index is 0.0674. The van der Waals surface area contributed by atoms with E-state index in [1.807, 2.05) is 12.1 Å². The molecule has 0 bridgehead atoms. The summed E-state index contributed by atoms with van der Waals surface area (Å²) in [6.07, 6.45) is 4.69. The fourth-order valence-electron chi connectivity index (χ4n) is 4.18. The predicted octanol–water partition coefficient (Wildman–Crippen LogP) is 3.07. The van der Waals surface area contributed by atoms with Crippen molar-refractivity contribution >= 4 is 11.7 Å². The summed E-state index contributed by atoms with van der Waals surface area (Å²) < 4.78 is 13.0. The van der Waals surface area contributed by atoms with E-state index in [4.69, 9.17) is 0 Å². The Hall–Kier alpha value is -1.82. The van der Waals surface area contributed by atoms with E-state index in [0.29, 0.717) is 12.5 Å². The lowest BCUT2D eigenvalue weighted by Crippen LogP contribution is -2.40. The Morgan fingerprint density at radius 1 is 1.15 bits per heavy atom. The smallest absolute Gasteiger partial charge is 0.314 e. The molecule has 1 aromatic carbocycles. The largest absolute Gasteiger partial charge is 0.371 e. The van der Waals surface area contributed by atoms with Crippen molar-refractivity contribution in [1.82, 2.24) is 15.5 Å². The van der Waals surface area contributed by atoms with Crippen molar-refractivity contribution in [2.24, 2.45) is 11.8 Å². The standard InChI is InChI=1S/C21H33FN4O/c1-17-4-2-11-25(15-17)12-3-10-23-21(27)24-14-18-9-13-26(16-18)20-7-5-19(22)6-8-20/h5-8,17-18H,2-4,9-16H2,1H3,(H2,23,24,27)/t17-,18+/m1/s1. The fraction of sp³-hybridized carbons (Fsp3) is 0.667. The second-order valence-corrected chi connectivity index (χ2v) is 8.12. The van der Waals surface area contributed by atoms with Gasteiger partial charge in [0.25, 0.3) is 0 Å². The molecule has 0 radical (unpaired) electrons. The second kappa shape index (κ2) is 9.93. The molecule has 2 N–H and O–H groups in total. The van der Waals surface area contributed by atoms with Crippen molar-refractivity contribution in [2.75, 3.05) is 50.7 Å². The molecule has 0 saturated carbocycles. The van der Waals surface area contributed by atoms with Crippen molar-refractivity contribution in [3.8, 4) is 0 Å². The number of anilines is 1. The number of amides is 2. The SMILES string of the molecule is C[C@@H]1CCCN(CCCNC(=O)NC[C@@H]2CCN(c3ccc(F)cc3)C2)C1. The third-order valence-corrected chi connectivity index (χ3v) is 5.71. The van der Waals surface area contributed by atoms with Crippen molar-refractivity contribution in [2.45, 2.75) is 32.6 Å². The van der Waals surface area contributed by atoms with E-state index in [1.54, 1.807) is 0 Å². The van der Waals surface area contributed by atoms with E-state index in [2.05, 4.69) is 27.4 Å². The first-order valence-electron chi connectivity index (χ1n) is 10.3. The second-order valence-electron chi connectivity index (χ2n) is 8.12. The zero-order valence-electron chi connectivity index (χ0n) is 16.4. The Balaban J connectivity index is 1.26. The van der Waals surface area contributed by atoms with Crippen LogP contribution in [0.25, 0.3) is 0 Å². The van der Waals surface area contributed by atoms with Crippen LogP contribution in [0.4, 0.5) is 14.9 Å². The molecule has 2 heterocycles. The molecule has 0 unspecified atom stereocenters. The quantitative estimate of drug-likeness (QED) is 0.719. The van der Waals surface area contributed by atoms with Crippen molar-refractivity contribution < 1.29 is 9.18 Å². The molecule has 0 aromatic heterocycles. The molecule has 27 heavy (non-hydrogen) atoms. The summed E-state index contributed by atoms with van der Waals surface area (Å²) in [5.74, 6) is 1.04. The third kappa shape index (κ3) is 6.38. The molecule has 2 atom stereocenters. The number of halogens is 1. The van der Waals surface area contributed by atoms with Crippen LogP contribution in [0.2, 0.25) is 0 Å². The highest BCUT2D eigenvalue weighted by atomic mass is 19.1. The Labute approximate surface area is 162 Å². The zero-order valence-corrected chi connectivity index (χ0v) is 16.4. The van der Waals surface area contributed by atoms with Crippen LogP contribution < -0.4 is 15.5 Å². The maximum absolute atomic E-state index is 13.0. The van der Waals surface area contributed by atoms with Gasteiger partial charge in [-0.1, -0.05) is 6.92 Å². The first-order valence-corrected chi connectivity index (χ1v) is 10.3. The van der Waals surface area contributed by atoms with Gasteiger partial charge >= 0.3 is 6.03 Å². The molecule has 3 rings (SSSR count). The Kier molecular flexibility index (Phi) is 7.33. The number of nitrogens with zero attached hydrogens (tertiary/aromatic N) is 2. The Morgan fingerprint density at radius 3 is 2.74 bits per heavy atom. The van der Waals surface area contributed by atoms with Gasteiger partial charge < -0.3 is 20.4 Å². The average Bonchev–Trinajstić information content (AvgIpc) is 3.13. The predicted molar refractivity (Wildman–Crippen MR) is 108 cm³/mol. The number of urea groups is 1. The number of hydrogen-bond acceptors (Lipinski definition) is 3. The number of piperidine rings is 1. The van der Waals surface area contributed by atoms with Gasteiger partial charge in [0.1, 0.15) is 5.82 Å². The molecule has 1 aromatic rings. The number of carbonyl (C=O) groups excluding carboxylic acids is 1. The Morgan fingerprint density at radius 2 is 1.96 bits per heavy atom. The van der Waals surface area contributed by atoms with Gasteiger partial charge in [-0.2, -0.15) is 0 Å².